The van der Waals surface area contributed by atoms with E-state index in [1.807, 2.05) is 6.07 Å². The van der Waals surface area contributed by atoms with Crippen LogP contribution in [0.1, 0.15) is 16.3 Å². The number of rotatable bonds is 2. The second-order valence-corrected chi connectivity index (χ2v) is 5.86. The zero-order valence-corrected chi connectivity index (χ0v) is 11.3. The van der Waals surface area contributed by atoms with Crippen molar-refractivity contribution in [3.8, 4) is 6.07 Å². The van der Waals surface area contributed by atoms with Gasteiger partial charge in [0, 0.05) is 17.0 Å². The third-order valence-electron chi connectivity index (χ3n) is 1.72. The number of nitrogens with one attached hydrogen (secondary N) is 1. The minimum absolute atomic E-state index is 0.407. The van der Waals surface area contributed by atoms with Gasteiger partial charge in [-0.3, -0.25) is 5.10 Å². The van der Waals surface area contributed by atoms with Crippen molar-refractivity contribution < 1.29 is 0 Å². The highest BCUT2D eigenvalue weighted by Gasteiger charge is 2.09. The van der Waals surface area contributed by atoms with E-state index >= 15 is 0 Å². The molecule has 0 bridgehead atoms. The second-order valence-electron chi connectivity index (χ2n) is 2.75. The van der Waals surface area contributed by atoms with E-state index in [9.17, 15) is 0 Å². The van der Waals surface area contributed by atoms with E-state index in [-0.39, 0.29) is 0 Å². The molecular weight excluding hydrogens is 344 g/mol. The molecular formula is C8H4Br2N4S. The molecule has 1 N–H and O–H groups in total. The highest BCUT2D eigenvalue weighted by molar-refractivity contribution is 9.11. The minimum Gasteiger partial charge on any atom is -0.281 e. The Labute approximate surface area is 107 Å². The molecule has 2 aromatic heterocycles. The van der Waals surface area contributed by atoms with E-state index in [4.69, 9.17) is 5.26 Å². The molecule has 2 rings (SSSR count). The fourth-order valence-corrected chi connectivity index (χ4v) is 3.47. The van der Waals surface area contributed by atoms with Crippen molar-refractivity contribution in [2.24, 2.45) is 0 Å². The van der Waals surface area contributed by atoms with Crippen molar-refractivity contribution in [2.45, 2.75) is 6.42 Å². The zero-order chi connectivity index (χ0) is 10.8. The average molecular weight is 348 g/mol. The first-order chi connectivity index (χ1) is 7.19. The van der Waals surface area contributed by atoms with E-state index < -0.39 is 0 Å². The van der Waals surface area contributed by atoms with E-state index in [1.165, 1.54) is 0 Å². The lowest BCUT2D eigenvalue weighted by Crippen LogP contribution is -1.85. The molecule has 0 fully saturated rings. The van der Waals surface area contributed by atoms with E-state index in [2.05, 4.69) is 47.0 Å². The van der Waals surface area contributed by atoms with Crippen LogP contribution >= 0.6 is 43.2 Å². The summed E-state index contributed by atoms with van der Waals surface area (Å²) >= 11 is 8.24. The molecule has 2 heterocycles. The minimum atomic E-state index is 0.407. The summed E-state index contributed by atoms with van der Waals surface area (Å²) in [5, 5.41) is 15.3. The number of halogens is 2. The van der Waals surface area contributed by atoms with Crippen LogP contribution in [0.15, 0.2) is 14.6 Å². The summed E-state index contributed by atoms with van der Waals surface area (Å²) in [6.07, 6.45) is 0.693. The number of hydrogen-bond acceptors (Lipinski definition) is 4. The molecule has 7 heteroatoms. The van der Waals surface area contributed by atoms with Gasteiger partial charge in [0.05, 0.1) is 0 Å². The molecule has 0 aliphatic heterocycles. The Balaban J connectivity index is 2.22. The molecule has 0 unspecified atom stereocenters. The van der Waals surface area contributed by atoms with Gasteiger partial charge in [-0.05, 0) is 37.9 Å². The largest absolute Gasteiger partial charge is 0.281 e. The highest BCUT2D eigenvalue weighted by atomic mass is 79.9. The van der Waals surface area contributed by atoms with Crippen LogP contribution in [-0.4, -0.2) is 15.2 Å². The van der Waals surface area contributed by atoms with Crippen molar-refractivity contribution in [1.29, 1.82) is 5.26 Å². The van der Waals surface area contributed by atoms with E-state index in [0.29, 0.717) is 12.1 Å². The van der Waals surface area contributed by atoms with Gasteiger partial charge < -0.3 is 0 Å². The van der Waals surface area contributed by atoms with Crippen molar-refractivity contribution >= 4 is 43.2 Å². The fourth-order valence-electron chi connectivity index (χ4n) is 1.10. The van der Waals surface area contributed by atoms with Crippen LogP contribution in [0.4, 0.5) is 0 Å². The van der Waals surface area contributed by atoms with Gasteiger partial charge in [-0.25, -0.2) is 4.98 Å². The summed E-state index contributed by atoms with van der Waals surface area (Å²) in [5.41, 5.74) is 1.31. The first-order valence-corrected chi connectivity index (χ1v) is 6.34. The Morgan fingerprint density at radius 3 is 2.87 bits per heavy atom. The number of aromatic amines is 1. The standard InChI is InChI=1S/C8H4Br2N4S/c9-7-6(15-8(10)12-7)2-4-1-5(3-11)14-13-4/h1H,2H2,(H,13,14). The normalized spacial score (nSPS) is 10.2. The van der Waals surface area contributed by atoms with Gasteiger partial charge in [-0.1, -0.05) is 0 Å². The average Bonchev–Trinajstić information content (AvgIpc) is 2.75. The van der Waals surface area contributed by atoms with Crippen LogP contribution in [0.2, 0.25) is 0 Å². The highest BCUT2D eigenvalue weighted by Crippen LogP contribution is 2.28. The molecule has 0 aliphatic rings. The molecule has 0 saturated carbocycles. The fraction of sp³-hybridized carbons (Fsp3) is 0.125. The van der Waals surface area contributed by atoms with Gasteiger partial charge >= 0.3 is 0 Å². The Hall–Kier alpha value is -0.710. The smallest absolute Gasteiger partial charge is 0.162 e. The Morgan fingerprint density at radius 1 is 1.53 bits per heavy atom. The predicted octanol–water partition coefficient (Wildman–Crippen LogP) is 2.85. The third kappa shape index (κ3) is 2.45. The SMILES string of the molecule is N#Cc1cc(Cc2sc(Br)nc2Br)[nH]n1. The molecule has 4 nitrogen and oxygen atoms in total. The molecule has 0 aromatic carbocycles. The molecule has 15 heavy (non-hydrogen) atoms. The van der Waals surface area contributed by atoms with Crippen LogP contribution in [0, 0.1) is 11.3 Å². The van der Waals surface area contributed by atoms with Gasteiger partial charge in [0.25, 0.3) is 0 Å². The summed E-state index contributed by atoms with van der Waals surface area (Å²) in [6.45, 7) is 0. The lowest BCUT2D eigenvalue weighted by Gasteiger charge is -1.92. The monoisotopic (exact) mass is 346 g/mol. The van der Waals surface area contributed by atoms with Gasteiger partial charge in [-0.15, -0.1) is 11.3 Å². The van der Waals surface area contributed by atoms with Crippen LogP contribution in [0.3, 0.4) is 0 Å². The molecule has 0 saturated heterocycles. The van der Waals surface area contributed by atoms with Gasteiger partial charge in [0.15, 0.2) is 9.61 Å². The quantitative estimate of drug-likeness (QED) is 0.908. The Kier molecular flexibility index (Phi) is 3.19. The number of hydrogen-bond donors (Lipinski definition) is 1. The summed E-state index contributed by atoms with van der Waals surface area (Å²) < 4.78 is 1.66. The summed E-state index contributed by atoms with van der Waals surface area (Å²) in [4.78, 5) is 5.28. The zero-order valence-electron chi connectivity index (χ0n) is 7.29. The third-order valence-corrected chi connectivity index (χ3v) is 4.15. The first-order valence-electron chi connectivity index (χ1n) is 3.94. The molecule has 0 atom stereocenters. The number of nitrogens with zero attached hydrogens (tertiary/aromatic N) is 3. The van der Waals surface area contributed by atoms with Crippen molar-refractivity contribution in [2.75, 3.05) is 0 Å². The summed E-state index contributed by atoms with van der Waals surface area (Å²) in [5.74, 6) is 0. The summed E-state index contributed by atoms with van der Waals surface area (Å²) in [7, 11) is 0. The second kappa shape index (κ2) is 4.43. The van der Waals surface area contributed by atoms with E-state index in [0.717, 1.165) is 19.1 Å². The Bertz CT molecular complexity index is 525. The van der Waals surface area contributed by atoms with Crippen molar-refractivity contribution in [1.82, 2.24) is 15.2 Å². The number of nitriles is 1. The van der Waals surface area contributed by atoms with Crippen LogP contribution in [0.5, 0.6) is 0 Å². The number of thiazole rings is 1. The van der Waals surface area contributed by atoms with Crippen LogP contribution in [0.25, 0.3) is 0 Å². The van der Waals surface area contributed by atoms with E-state index in [1.54, 1.807) is 17.4 Å². The lowest BCUT2D eigenvalue weighted by atomic mass is 10.3. The maximum atomic E-state index is 8.62. The topological polar surface area (TPSA) is 65.4 Å². The van der Waals surface area contributed by atoms with Crippen LogP contribution in [-0.2, 0) is 6.42 Å². The van der Waals surface area contributed by atoms with Gasteiger partial charge in [-0.2, -0.15) is 10.4 Å². The predicted molar refractivity (Wildman–Crippen MR) is 63.6 cm³/mol. The molecule has 0 aliphatic carbocycles. The molecule has 0 radical (unpaired) electrons. The maximum Gasteiger partial charge on any atom is 0.162 e. The Morgan fingerprint density at radius 2 is 2.33 bits per heavy atom. The molecule has 2 aromatic rings. The first kappa shape index (κ1) is 10.8. The lowest BCUT2D eigenvalue weighted by molar-refractivity contribution is 0.993. The van der Waals surface area contributed by atoms with Crippen molar-refractivity contribution in [3.63, 3.8) is 0 Å². The van der Waals surface area contributed by atoms with Gasteiger partial charge in [0.1, 0.15) is 10.7 Å². The number of aromatic nitrogens is 3. The molecule has 0 spiro atoms. The van der Waals surface area contributed by atoms with Gasteiger partial charge in [0.2, 0.25) is 0 Å². The maximum absolute atomic E-state index is 8.62. The molecule has 0 amide bonds. The molecule has 76 valence electrons. The van der Waals surface area contributed by atoms with Crippen molar-refractivity contribution in [3.05, 3.63) is 30.9 Å². The number of H-pyrrole nitrogens is 1. The summed E-state index contributed by atoms with van der Waals surface area (Å²) in [6, 6.07) is 3.71. The van der Waals surface area contributed by atoms with Crippen LogP contribution < -0.4 is 0 Å².